The lowest BCUT2D eigenvalue weighted by molar-refractivity contribution is 0.0984. The van der Waals surface area contributed by atoms with E-state index in [0.29, 0.717) is 35.0 Å². The van der Waals surface area contributed by atoms with Gasteiger partial charge in [0.15, 0.2) is 5.78 Å². The molecule has 0 bridgehead atoms. The second-order valence-corrected chi connectivity index (χ2v) is 9.52. The van der Waals surface area contributed by atoms with E-state index >= 15 is 0 Å². The summed E-state index contributed by atoms with van der Waals surface area (Å²) in [7, 11) is -1.88. The number of hydrogen-bond acceptors (Lipinski definition) is 4. The quantitative estimate of drug-likeness (QED) is 0.189. The van der Waals surface area contributed by atoms with Crippen LogP contribution >= 0.6 is 12.4 Å². The Kier molecular flexibility index (Phi) is 7.44. The molecule has 4 aromatic rings. The van der Waals surface area contributed by atoms with Crippen LogP contribution in [0.15, 0.2) is 83.9 Å². The van der Waals surface area contributed by atoms with E-state index in [-0.39, 0.29) is 28.9 Å². The monoisotopic (exact) mass is 496 g/mol. The summed E-state index contributed by atoms with van der Waals surface area (Å²) in [5, 5.41) is 8.16. The Morgan fingerprint density at radius 2 is 1.71 bits per heavy atom. The van der Waals surface area contributed by atoms with E-state index in [0.717, 1.165) is 11.1 Å². The number of nitrogen functional groups attached to an aromatic ring is 1. The van der Waals surface area contributed by atoms with Crippen molar-refractivity contribution >= 4 is 50.6 Å². The number of ketones is 1. The van der Waals surface area contributed by atoms with Crippen LogP contribution in [0.5, 0.6) is 0 Å². The van der Waals surface area contributed by atoms with E-state index in [2.05, 4.69) is 4.72 Å². The molecule has 0 aliphatic heterocycles. The van der Waals surface area contributed by atoms with Crippen molar-refractivity contribution in [3.63, 3.8) is 0 Å². The van der Waals surface area contributed by atoms with E-state index in [1.54, 1.807) is 54.7 Å². The summed E-state index contributed by atoms with van der Waals surface area (Å²) in [6.07, 6.45) is 2.63. The van der Waals surface area contributed by atoms with Gasteiger partial charge in [-0.25, -0.2) is 8.42 Å². The predicted molar refractivity (Wildman–Crippen MR) is 138 cm³/mol. The number of carbonyl (C=O) groups excluding carboxylic acids is 1. The van der Waals surface area contributed by atoms with Gasteiger partial charge >= 0.3 is 0 Å². The molecule has 1 heterocycles. The van der Waals surface area contributed by atoms with Crippen LogP contribution in [0, 0.1) is 5.41 Å². The molecule has 0 spiro atoms. The number of aromatic nitrogens is 1. The molecule has 4 rings (SSSR count). The number of halogens is 1. The third-order valence-electron chi connectivity index (χ3n) is 5.50. The van der Waals surface area contributed by atoms with Crippen LogP contribution < -0.4 is 10.5 Å². The van der Waals surface area contributed by atoms with Gasteiger partial charge in [0.2, 0.25) is 0 Å². The number of hydrogen-bond donors (Lipinski definition) is 3. The molecule has 176 valence electrons. The molecule has 9 heteroatoms. The number of carbonyl (C=O) groups is 1. The van der Waals surface area contributed by atoms with Gasteiger partial charge in [-0.15, -0.1) is 12.4 Å². The Bertz CT molecular complexity index is 1450. The highest BCUT2D eigenvalue weighted by atomic mass is 35.5. The number of nitrogens with two attached hydrogens (primary N) is 1. The highest BCUT2D eigenvalue weighted by Gasteiger charge is 2.17. The summed E-state index contributed by atoms with van der Waals surface area (Å²) in [4.78, 5) is 13.2. The normalized spacial score (nSPS) is 11.1. The number of aryl methyl sites for hydroxylation is 2. The molecule has 0 fully saturated rings. The van der Waals surface area contributed by atoms with Gasteiger partial charge in [0.25, 0.3) is 10.0 Å². The fourth-order valence-electron chi connectivity index (χ4n) is 3.73. The number of sulfonamides is 1. The van der Waals surface area contributed by atoms with E-state index in [1.165, 1.54) is 12.1 Å². The molecular weight excluding hydrogens is 472 g/mol. The summed E-state index contributed by atoms with van der Waals surface area (Å²) >= 11 is 0. The van der Waals surface area contributed by atoms with Crippen LogP contribution in [-0.2, 0) is 23.5 Å². The topological polar surface area (TPSA) is 118 Å². The number of nitrogens with one attached hydrogen (secondary N) is 2. The number of rotatable bonds is 8. The van der Waals surface area contributed by atoms with Crippen molar-refractivity contribution in [3.8, 4) is 0 Å². The number of benzene rings is 3. The first-order chi connectivity index (χ1) is 15.7. The van der Waals surface area contributed by atoms with Gasteiger partial charge in [0.1, 0.15) is 5.84 Å². The van der Waals surface area contributed by atoms with Gasteiger partial charge in [-0.3, -0.25) is 14.9 Å². The molecule has 0 saturated carbocycles. The summed E-state index contributed by atoms with van der Waals surface area (Å²) in [6.45, 7) is 0. The van der Waals surface area contributed by atoms with E-state index in [4.69, 9.17) is 11.1 Å². The minimum Gasteiger partial charge on any atom is -0.384 e. The molecule has 0 amide bonds. The molecule has 0 aliphatic carbocycles. The minimum absolute atomic E-state index is 0. The number of amidine groups is 1. The molecule has 1 aromatic heterocycles. The maximum absolute atomic E-state index is 13.0. The fraction of sp³-hybridized carbons (Fsp3) is 0.120. The molecule has 0 unspecified atom stereocenters. The summed E-state index contributed by atoms with van der Waals surface area (Å²) in [5.74, 6) is -0.0219. The zero-order valence-electron chi connectivity index (χ0n) is 18.5. The maximum Gasteiger partial charge on any atom is 0.261 e. The summed E-state index contributed by atoms with van der Waals surface area (Å²) < 4.78 is 29.8. The number of anilines is 1. The van der Waals surface area contributed by atoms with Crippen molar-refractivity contribution in [1.29, 1.82) is 5.41 Å². The SMILES string of the molecule is Cl.Cn1cc(C(=O)CCc2ccc(C(=N)N)cc2)c2cc(NS(=O)(=O)c3ccccc3)ccc21. The molecule has 34 heavy (non-hydrogen) atoms. The second kappa shape index (κ2) is 10.1. The van der Waals surface area contributed by atoms with Crippen LogP contribution in [0.1, 0.15) is 27.9 Å². The minimum atomic E-state index is -3.73. The average molecular weight is 497 g/mol. The van der Waals surface area contributed by atoms with E-state index in [1.807, 2.05) is 23.7 Å². The number of Topliss-reactive ketones (excluding diaryl/α,β-unsaturated/α-hetero) is 1. The van der Waals surface area contributed by atoms with Gasteiger partial charge in [-0.1, -0.05) is 42.5 Å². The van der Waals surface area contributed by atoms with Crippen molar-refractivity contribution in [2.45, 2.75) is 17.7 Å². The maximum atomic E-state index is 13.0. The van der Waals surface area contributed by atoms with Gasteiger partial charge < -0.3 is 10.3 Å². The van der Waals surface area contributed by atoms with Crippen molar-refractivity contribution in [1.82, 2.24) is 4.57 Å². The molecule has 4 N–H and O–H groups in total. The van der Waals surface area contributed by atoms with Gasteiger partial charge in [-0.05, 0) is 42.3 Å². The second-order valence-electron chi connectivity index (χ2n) is 7.84. The van der Waals surface area contributed by atoms with Crippen LogP contribution in [0.4, 0.5) is 5.69 Å². The third-order valence-corrected chi connectivity index (χ3v) is 6.90. The smallest absolute Gasteiger partial charge is 0.261 e. The zero-order valence-corrected chi connectivity index (χ0v) is 20.1. The van der Waals surface area contributed by atoms with Gasteiger partial charge in [-0.2, -0.15) is 0 Å². The van der Waals surface area contributed by atoms with Crippen LogP contribution in [-0.4, -0.2) is 24.6 Å². The fourth-order valence-corrected chi connectivity index (χ4v) is 4.81. The molecule has 3 aromatic carbocycles. The van der Waals surface area contributed by atoms with Crippen LogP contribution in [0.3, 0.4) is 0 Å². The molecule has 0 saturated heterocycles. The zero-order chi connectivity index (χ0) is 23.6. The van der Waals surface area contributed by atoms with Crippen molar-refractivity contribution in [2.75, 3.05) is 4.72 Å². The number of fused-ring (bicyclic) bond motifs is 1. The molecular formula is C25H25ClN4O3S. The Balaban J connectivity index is 0.00000324. The first-order valence-corrected chi connectivity index (χ1v) is 11.9. The number of nitrogens with zero attached hydrogens (tertiary/aromatic N) is 1. The lowest BCUT2D eigenvalue weighted by atomic mass is 10.0. The average Bonchev–Trinajstić information content (AvgIpc) is 3.14. The molecule has 0 atom stereocenters. The Labute approximate surface area is 204 Å². The predicted octanol–water partition coefficient (Wildman–Crippen LogP) is 4.50. The van der Waals surface area contributed by atoms with Crippen molar-refractivity contribution < 1.29 is 13.2 Å². The Morgan fingerprint density at radius 1 is 1.03 bits per heavy atom. The van der Waals surface area contributed by atoms with Gasteiger partial charge in [0.05, 0.1) is 4.90 Å². The first-order valence-electron chi connectivity index (χ1n) is 10.4. The molecule has 7 nitrogen and oxygen atoms in total. The standard InChI is InChI=1S/C25H24N4O3S.ClH/c1-29-16-22(24(30)14-9-17-7-10-18(11-8-17)25(26)27)21-15-19(12-13-23(21)29)28-33(31,32)20-5-3-2-4-6-20;/h2-8,10-13,15-16,28H,9,14H2,1H3,(H3,26,27);1H. The van der Waals surface area contributed by atoms with E-state index < -0.39 is 10.0 Å². The molecule has 0 aliphatic rings. The van der Waals surface area contributed by atoms with Crippen LogP contribution in [0.2, 0.25) is 0 Å². The first kappa shape index (κ1) is 25.0. The lowest BCUT2D eigenvalue weighted by Gasteiger charge is -2.09. The van der Waals surface area contributed by atoms with Crippen molar-refractivity contribution in [2.24, 2.45) is 12.8 Å². The lowest BCUT2D eigenvalue weighted by Crippen LogP contribution is -2.12. The largest absolute Gasteiger partial charge is 0.384 e. The Morgan fingerprint density at radius 3 is 2.35 bits per heavy atom. The third kappa shape index (κ3) is 5.30. The Hall–Kier alpha value is -3.62. The van der Waals surface area contributed by atoms with E-state index in [9.17, 15) is 13.2 Å². The van der Waals surface area contributed by atoms with Gasteiger partial charge in [0, 0.05) is 47.4 Å². The highest BCUT2D eigenvalue weighted by Crippen LogP contribution is 2.27. The highest BCUT2D eigenvalue weighted by molar-refractivity contribution is 7.92. The summed E-state index contributed by atoms with van der Waals surface area (Å²) in [5.41, 5.74) is 8.89. The summed E-state index contributed by atoms with van der Waals surface area (Å²) in [6, 6.07) is 20.6. The molecule has 0 radical (unpaired) electrons. The van der Waals surface area contributed by atoms with Crippen LogP contribution in [0.25, 0.3) is 10.9 Å². The van der Waals surface area contributed by atoms with Crippen molar-refractivity contribution in [3.05, 3.63) is 95.7 Å².